The summed E-state index contributed by atoms with van der Waals surface area (Å²) in [6.07, 6.45) is 1.80. The largest absolute Gasteiger partial charge is 0.298 e. The fourth-order valence-corrected chi connectivity index (χ4v) is 2.28. The molecule has 8 heteroatoms. The number of nitrogens with zero attached hydrogens (tertiary/aromatic N) is 1. The zero-order chi connectivity index (χ0) is 13.2. The first kappa shape index (κ1) is 13.5. The number of carbonyl (C=O) groups is 3. The first-order chi connectivity index (χ1) is 7.73. The number of ketones is 1. The highest BCUT2D eigenvalue weighted by Crippen LogP contribution is 2.10. The van der Waals surface area contributed by atoms with Crippen LogP contribution in [0.5, 0.6) is 0 Å². The van der Waals surface area contributed by atoms with Gasteiger partial charge < -0.3 is 0 Å². The quantitative estimate of drug-likeness (QED) is 0.510. The van der Waals surface area contributed by atoms with Gasteiger partial charge in [0.25, 0.3) is 21.9 Å². The molecule has 17 heavy (non-hydrogen) atoms. The van der Waals surface area contributed by atoms with E-state index in [0.717, 1.165) is 24.0 Å². The lowest BCUT2D eigenvalue weighted by atomic mass is 10.2. The molecule has 0 bridgehead atoms. The molecule has 2 amide bonds. The van der Waals surface area contributed by atoms with Gasteiger partial charge in [-0.25, -0.2) is 0 Å². The molecule has 0 fully saturated rings. The van der Waals surface area contributed by atoms with Crippen LogP contribution in [-0.2, 0) is 24.5 Å². The van der Waals surface area contributed by atoms with Crippen molar-refractivity contribution < 1.29 is 27.4 Å². The van der Waals surface area contributed by atoms with Crippen molar-refractivity contribution >= 4 is 27.7 Å². The molecule has 1 aliphatic heterocycles. The Morgan fingerprint density at radius 3 is 2.18 bits per heavy atom. The summed E-state index contributed by atoms with van der Waals surface area (Å²) in [4.78, 5) is 34.1. The molecule has 0 aromatic rings. The molecule has 0 aromatic carbocycles. The van der Waals surface area contributed by atoms with Crippen molar-refractivity contribution in [1.29, 1.82) is 0 Å². The first-order valence-electron chi connectivity index (χ1n) is 4.74. The minimum atomic E-state index is -4.51. The number of amides is 2. The van der Waals surface area contributed by atoms with Crippen LogP contribution in [0.4, 0.5) is 0 Å². The minimum Gasteiger partial charge on any atom is -0.298 e. The van der Waals surface area contributed by atoms with Crippen LogP contribution in [0.2, 0.25) is 0 Å². The van der Waals surface area contributed by atoms with E-state index in [1.165, 1.54) is 0 Å². The Morgan fingerprint density at radius 1 is 1.35 bits per heavy atom. The molecule has 0 radical (unpaired) electrons. The van der Waals surface area contributed by atoms with Gasteiger partial charge in [0.1, 0.15) is 11.0 Å². The van der Waals surface area contributed by atoms with E-state index in [0.29, 0.717) is 0 Å². The first-order valence-corrected chi connectivity index (χ1v) is 6.24. The van der Waals surface area contributed by atoms with E-state index in [1.807, 2.05) is 0 Å². The van der Waals surface area contributed by atoms with Crippen LogP contribution in [0.15, 0.2) is 12.2 Å². The highest BCUT2D eigenvalue weighted by atomic mass is 32.2. The van der Waals surface area contributed by atoms with Crippen molar-refractivity contribution in [3.63, 3.8) is 0 Å². The third-order valence-electron chi connectivity index (χ3n) is 2.33. The predicted octanol–water partition coefficient (Wildman–Crippen LogP) is -0.853. The zero-order valence-corrected chi connectivity index (χ0v) is 9.81. The summed E-state index contributed by atoms with van der Waals surface area (Å²) in [5, 5.41) is -1.61. The Labute approximate surface area is 97.8 Å². The molecule has 1 heterocycles. The standard InChI is InChI=1S/C9H11NO6S/c1-6(11)7(17(14,15)16)4-5-10-8(12)2-3-9(10)13/h2-3,7H,4-5H2,1H3,(H,14,15,16). The van der Waals surface area contributed by atoms with Gasteiger partial charge in [-0.1, -0.05) is 0 Å². The summed E-state index contributed by atoms with van der Waals surface area (Å²) >= 11 is 0. The van der Waals surface area contributed by atoms with E-state index in [1.54, 1.807) is 0 Å². The smallest absolute Gasteiger partial charge is 0.275 e. The molecule has 1 N–H and O–H groups in total. The number of carbonyl (C=O) groups excluding carboxylic acids is 3. The fourth-order valence-electron chi connectivity index (χ4n) is 1.46. The summed E-state index contributed by atoms with van der Waals surface area (Å²) < 4.78 is 30.5. The molecule has 0 saturated carbocycles. The van der Waals surface area contributed by atoms with Crippen LogP contribution in [0.3, 0.4) is 0 Å². The van der Waals surface area contributed by atoms with Crippen molar-refractivity contribution in [2.45, 2.75) is 18.6 Å². The van der Waals surface area contributed by atoms with Crippen molar-refractivity contribution in [2.24, 2.45) is 0 Å². The van der Waals surface area contributed by atoms with E-state index in [4.69, 9.17) is 4.55 Å². The second kappa shape index (κ2) is 4.76. The van der Waals surface area contributed by atoms with Crippen LogP contribution in [0.25, 0.3) is 0 Å². The Morgan fingerprint density at radius 2 is 1.82 bits per heavy atom. The maximum absolute atomic E-state index is 11.1. The molecule has 1 atom stereocenters. The highest BCUT2D eigenvalue weighted by Gasteiger charge is 2.31. The summed E-state index contributed by atoms with van der Waals surface area (Å²) in [6, 6.07) is 0. The fraction of sp³-hybridized carbons (Fsp3) is 0.444. The van der Waals surface area contributed by atoms with Crippen molar-refractivity contribution in [1.82, 2.24) is 4.90 Å². The normalized spacial score (nSPS) is 17.6. The van der Waals surface area contributed by atoms with Crippen LogP contribution in [0.1, 0.15) is 13.3 Å². The Balaban J connectivity index is 2.69. The third kappa shape index (κ3) is 3.21. The van der Waals surface area contributed by atoms with E-state index < -0.39 is 33.0 Å². The van der Waals surface area contributed by atoms with Gasteiger partial charge in [-0.15, -0.1) is 0 Å². The second-order valence-electron chi connectivity index (χ2n) is 3.56. The van der Waals surface area contributed by atoms with Gasteiger partial charge in [0.05, 0.1) is 0 Å². The average molecular weight is 261 g/mol. The van der Waals surface area contributed by atoms with Gasteiger partial charge in [-0.2, -0.15) is 8.42 Å². The predicted molar refractivity (Wildman–Crippen MR) is 56.5 cm³/mol. The van der Waals surface area contributed by atoms with Crippen LogP contribution in [-0.4, -0.2) is 47.3 Å². The van der Waals surface area contributed by atoms with Gasteiger partial charge in [-0.3, -0.25) is 23.8 Å². The lowest BCUT2D eigenvalue weighted by Gasteiger charge is -2.16. The lowest BCUT2D eigenvalue weighted by molar-refractivity contribution is -0.137. The summed E-state index contributed by atoms with van der Waals surface area (Å²) in [5.41, 5.74) is 0. The van der Waals surface area contributed by atoms with Gasteiger partial charge in [0.2, 0.25) is 0 Å². The van der Waals surface area contributed by atoms with E-state index >= 15 is 0 Å². The molecule has 7 nitrogen and oxygen atoms in total. The Kier molecular flexibility index (Phi) is 3.79. The number of hydrogen-bond donors (Lipinski definition) is 1. The monoisotopic (exact) mass is 261 g/mol. The highest BCUT2D eigenvalue weighted by molar-refractivity contribution is 7.87. The zero-order valence-electron chi connectivity index (χ0n) is 8.99. The van der Waals surface area contributed by atoms with Gasteiger partial charge in [-0.05, 0) is 13.3 Å². The maximum Gasteiger partial charge on any atom is 0.275 e. The molecule has 1 aliphatic rings. The van der Waals surface area contributed by atoms with Gasteiger partial charge >= 0.3 is 0 Å². The molecule has 94 valence electrons. The van der Waals surface area contributed by atoms with Crippen LogP contribution < -0.4 is 0 Å². The Hall–Kier alpha value is -1.54. The molecule has 0 saturated heterocycles. The SMILES string of the molecule is CC(=O)C(CCN1C(=O)C=CC1=O)S(=O)(=O)O. The van der Waals surface area contributed by atoms with Crippen LogP contribution >= 0.6 is 0 Å². The second-order valence-corrected chi connectivity index (χ2v) is 5.16. The molecule has 1 unspecified atom stereocenters. The van der Waals surface area contributed by atoms with Crippen molar-refractivity contribution in [3.8, 4) is 0 Å². The van der Waals surface area contributed by atoms with Gasteiger partial charge in [0, 0.05) is 18.7 Å². The third-order valence-corrected chi connectivity index (χ3v) is 3.62. The molecular weight excluding hydrogens is 250 g/mol. The average Bonchev–Trinajstić information content (AvgIpc) is 2.46. The summed E-state index contributed by atoms with van der Waals surface area (Å²) in [5.74, 6) is -1.86. The Bertz CT molecular complexity index is 474. The van der Waals surface area contributed by atoms with E-state index in [2.05, 4.69) is 0 Å². The molecule has 1 rings (SSSR count). The maximum atomic E-state index is 11.1. The number of imide groups is 1. The molecular formula is C9H11NO6S. The summed E-state index contributed by atoms with van der Waals surface area (Å²) in [6.45, 7) is 0.791. The topological polar surface area (TPSA) is 109 Å². The molecule has 0 aliphatic carbocycles. The van der Waals surface area contributed by atoms with Gasteiger partial charge in [0.15, 0.2) is 0 Å². The lowest BCUT2D eigenvalue weighted by Crippen LogP contribution is -2.36. The number of rotatable bonds is 5. The number of Topliss-reactive ketones (excluding diaryl/α,β-unsaturated/α-hetero) is 1. The summed E-state index contributed by atoms with van der Waals surface area (Å²) in [7, 11) is -4.51. The molecule has 0 spiro atoms. The van der Waals surface area contributed by atoms with Crippen molar-refractivity contribution in [3.05, 3.63) is 12.2 Å². The minimum absolute atomic E-state index is 0.227. The van der Waals surface area contributed by atoms with Crippen LogP contribution in [0, 0.1) is 0 Å². The van der Waals surface area contributed by atoms with E-state index in [9.17, 15) is 22.8 Å². The van der Waals surface area contributed by atoms with E-state index in [-0.39, 0.29) is 13.0 Å². The van der Waals surface area contributed by atoms with Crippen molar-refractivity contribution in [2.75, 3.05) is 6.54 Å². The molecule has 0 aromatic heterocycles. The number of hydrogen-bond acceptors (Lipinski definition) is 5.